The number of nitrogens with one attached hydrogen (secondary N) is 1. The first-order valence-corrected chi connectivity index (χ1v) is 8.69. The first kappa shape index (κ1) is 18.4. The summed E-state index contributed by atoms with van der Waals surface area (Å²) in [6, 6.07) is 5.69. The molecule has 0 saturated heterocycles. The molecule has 26 heavy (non-hydrogen) atoms. The second kappa shape index (κ2) is 7.88. The Hall–Kier alpha value is -2.39. The van der Waals surface area contributed by atoms with E-state index in [1.807, 2.05) is 11.9 Å². The molecule has 1 aromatic heterocycles. The fourth-order valence-electron chi connectivity index (χ4n) is 2.50. The zero-order chi connectivity index (χ0) is 18.7. The number of hydrogen-bond acceptors (Lipinski definition) is 7. The van der Waals surface area contributed by atoms with Crippen LogP contribution in [0.2, 0.25) is 0 Å². The lowest BCUT2D eigenvalue weighted by atomic mass is 10.2. The predicted octanol–water partition coefficient (Wildman–Crippen LogP) is 2.06. The fourth-order valence-corrected chi connectivity index (χ4v) is 2.68. The number of carbonyl (C=O) groups excluding carboxylic acids is 1. The van der Waals surface area contributed by atoms with Crippen LogP contribution in [0.3, 0.4) is 0 Å². The number of nitrogens with zero attached hydrogens (tertiary/aromatic N) is 3. The molecule has 9 heteroatoms. The van der Waals surface area contributed by atoms with Crippen molar-refractivity contribution in [1.29, 1.82) is 0 Å². The molecule has 1 N–H and O–H groups in total. The molecule has 1 fully saturated rings. The van der Waals surface area contributed by atoms with Crippen molar-refractivity contribution >= 4 is 18.1 Å². The van der Waals surface area contributed by atoms with Gasteiger partial charge in [-0.25, -0.2) is 4.68 Å². The number of hydrogen-bond donors (Lipinski definition) is 1. The zero-order valence-corrected chi connectivity index (χ0v) is 15.8. The van der Waals surface area contributed by atoms with E-state index < -0.39 is 0 Å². The van der Waals surface area contributed by atoms with E-state index in [0.717, 1.165) is 12.8 Å². The number of carbonyl (C=O) groups is 1. The molecule has 1 amide bonds. The zero-order valence-electron chi connectivity index (χ0n) is 15.0. The number of amides is 1. The lowest BCUT2D eigenvalue weighted by molar-refractivity contribution is -0.122. The molecule has 2 aromatic rings. The minimum atomic E-state index is 0.00191. The van der Waals surface area contributed by atoms with Gasteiger partial charge >= 0.3 is 0 Å². The molecule has 0 bridgehead atoms. The van der Waals surface area contributed by atoms with Crippen LogP contribution in [0, 0.1) is 4.84 Å². The highest BCUT2D eigenvalue weighted by Crippen LogP contribution is 2.32. The van der Waals surface area contributed by atoms with Crippen molar-refractivity contribution in [1.82, 2.24) is 20.0 Å². The van der Waals surface area contributed by atoms with Crippen LogP contribution in [0.1, 0.15) is 12.8 Å². The van der Waals surface area contributed by atoms with Gasteiger partial charge in [-0.1, -0.05) is 0 Å². The van der Waals surface area contributed by atoms with Crippen LogP contribution in [-0.4, -0.2) is 54.4 Å². The van der Waals surface area contributed by atoms with Gasteiger partial charge in [0.05, 0.1) is 33.0 Å². The normalized spacial score (nSPS) is 13.7. The van der Waals surface area contributed by atoms with Crippen molar-refractivity contribution in [3.63, 3.8) is 0 Å². The van der Waals surface area contributed by atoms with Crippen molar-refractivity contribution in [2.75, 3.05) is 27.8 Å². The minimum Gasteiger partial charge on any atom is -0.497 e. The Morgan fingerprint density at radius 2 is 2.19 bits per heavy atom. The largest absolute Gasteiger partial charge is 0.497 e. The topological polar surface area (TPSA) is 81.8 Å². The number of methoxy groups -OCH3 is 2. The molecule has 140 valence electrons. The van der Waals surface area contributed by atoms with Gasteiger partial charge in [-0.05, 0) is 44.2 Å². The molecular formula is C17H22N4O4S. The fraction of sp³-hybridized carbons (Fsp3) is 0.471. The quantitative estimate of drug-likeness (QED) is 0.704. The molecule has 0 atom stereocenters. The third-order valence-electron chi connectivity index (χ3n) is 3.98. The van der Waals surface area contributed by atoms with Gasteiger partial charge in [0.25, 0.3) is 10.7 Å². The summed E-state index contributed by atoms with van der Waals surface area (Å²) in [5.41, 5.74) is 0.673. The summed E-state index contributed by atoms with van der Waals surface area (Å²) in [6.45, 7) is 0.616. The van der Waals surface area contributed by atoms with Gasteiger partial charge in [-0.15, -0.1) is 5.10 Å². The molecule has 0 aliphatic heterocycles. The van der Waals surface area contributed by atoms with E-state index in [-0.39, 0.29) is 17.3 Å². The van der Waals surface area contributed by atoms with Gasteiger partial charge in [0.1, 0.15) is 11.5 Å². The van der Waals surface area contributed by atoms with Gasteiger partial charge in [0.15, 0.2) is 0 Å². The van der Waals surface area contributed by atoms with E-state index in [1.165, 1.54) is 0 Å². The first-order chi connectivity index (χ1) is 12.5. The average molecular weight is 378 g/mol. The summed E-state index contributed by atoms with van der Waals surface area (Å²) >= 11 is 5.25. The molecule has 0 unspecified atom stereocenters. The standard InChI is InChI=1S/C17H22N4O4S/c1-20(9-15(22)18-11-4-5-11)10-21-17(26)25-16(19-21)13-7-6-12(23-2)8-14(13)24-3/h6-8,11H,4-5,9-10H2,1-3H3,(H,18,22). The molecule has 3 rings (SSSR count). The van der Waals surface area contributed by atoms with Gasteiger partial charge < -0.3 is 19.2 Å². The number of rotatable bonds is 8. The van der Waals surface area contributed by atoms with E-state index in [4.69, 9.17) is 26.1 Å². The van der Waals surface area contributed by atoms with E-state index >= 15 is 0 Å². The van der Waals surface area contributed by atoms with Crippen molar-refractivity contribution in [3.8, 4) is 23.0 Å². The summed E-state index contributed by atoms with van der Waals surface area (Å²) in [4.78, 5) is 13.9. The molecule has 0 radical (unpaired) electrons. The van der Waals surface area contributed by atoms with Crippen LogP contribution < -0.4 is 14.8 Å². The summed E-state index contributed by atoms with van der Waals surface area (Å²) in [7, 11) is 4.98. The van der Waals surface area contributed by atoms with Crippen LogP contribution in [0.5, 0.6) is 11.5 Å². The Morgan fingerprint density at radius 1 is 1.42 bits per heavy atom. The predicted molar refractivity (Wildman–Crippen MR) is 97.7 cm³/mol. The molecule has 0 spiro atoms. The van der Waals surface area contributed by atoms with Crippen molar-refractivity contribution in [2.24, 2.45) is 0 Å². The summed E-state index contributed by atoms with van der Waals surface area (Å²) in [5.74, 6) is 1.60. The Morgan fingerprint density at radius 3 is 2.85 bits per heavy atom. The van der Waals surface area contributed by atoms with Crippen LogP contribution in [-0.2, 0) is 11.5 Å². The van der Waals surface area contributed by atoms with Crippen LogP contribution in [0.15, 0.2) is 22.6 Å². The Kier molecular flexibility index (Phi) is 5.58. The molecule has 1 aromatic carbocycles. The Bertz CT molecular complexity index is 844. The highest BCUT2D eigenvalue weighted by Gasteiger charge is 2.23. The van der Waals surface area contributed by atoms with Crippen molar-refractivity contribution < 1.29 is 18.7 Å². The smallest absolute Gasteiger partial charge is 0.288 e. The lowest BCUT2D eigenvalue weighted by Gasteiger charge is -2.15. The van der Waals surface area contributed by atoms with Gasteiger partial charge in [-0.3, -0.25) is 9.69 Å². The third kappa shape index (κ3) is 4.41. The second-order valence-electron chi connectivity index (χ2n) is 6.24. The number of benzene rings is 1. The van der Waals surface area contributed by atoms with E-state index in [9.17, 15) is 4.79 Å². The minimum absolute atomic E-state index is 0.00191. The molecule has 1 heterocycles. The van der Waals surface area contributed by atoms with E-state index in [0.29, 0.717) is 35.7 Å². The van der Waals surface area contributed by atoms with E-state index in [1.54, 1.807) is 37.1 Å². The number of likely N-dealkylation sites (N-methyl/N-ethyl adjacent to an activating group) is 1. The molecular weight excluding hydrogens is 356 g/mol. The van der Waals surface area contributed by atoms with Crippen LogP contribution >= 0.6 is 12.2 Å². The molecule has 1 aliphatic carbocycles. The van der Waals surface area contributed by atoms with Gasteiger partial charge in [-0.2, -0.15) is 0 Å². The first-order valence-electron chi connectivity index (χ1n) is 8.28. The Balaban J connectivity index is 1.72. The molecule has 8 nitrogen and oxygen atoms in total. The molecule has 1 aliphatic rings. The SMILES string of the molecule is COc1ccc(-c2nn(CN(C)CC(=O)NC3CC3)c(=S)o2)c(OC)c1. The summed E-state index contributed by atoms with van der Waals surface area (Å²) < 4.78 is 17.7. The second-order valence-corrected chi connectivity index (χ2v) is 6.59. The molecule has 1 saturated carbocycles. The number of aromatic nitrogens is 2. The average Bonchev–Trinajstić information content (AvgIpc) is 3.36. The maximum atomic E-state index is 11.9. The maximum absolute atomic E-state index is 11.9. The van der Waals surface area contributed by atoms with Gasteiger partial charge in [0.2, 0.25) is 5.91 Å². The highest BCUT2D eigenvalue weighted by atomic mass is 32.1. The van der Waals surface area contributed by atoms with Crippen molar-refractivity contribution in [2.45, 2.75) is 25.6 Å². The van der Waals surface area contributed by atoms with Crippen LogP contribution in [0.25, 0.3) is 11.5 Å². The van der Waals surface area contributed by atoms with Crippen molar-refractivity contribution in [3.05, 3.63) is 23.0 Å². The highest BCUT2D eigenvalue weighted by molar-refractivity contribution is 7.71. The monoisotopic (exact) mass is 378 g/mol. The third-order valence-corrected chi connectivity index (χ3v) is 4.27. The van der Waals surface area contributed by atoms with Gasteiger partial charge in [0, 0.05) is 12.1 Å². The maximum Gasteiger partial charge on any atom is 0.288 e. The summed E-state index contributed by atoms with van der Waals surface area (Å²) in [6.07, 6.45) is 2.13. The van der Waals surface area contributed by atoms with E-state index in [2.05, 4.69) is 10.4 Å². The summed E-state index contributed by atoms with van der Waals surface area (Å²) in [5, 5.41) is 7.37. The van der Waals surface area contributed by atoms with Crippen LogP contribution in [0.4, 0.5) is 0 Å². The number of ether oxygens (including phenoxy) is 2. The lowest BCUT2D eigenvalue weighted by Crippen LogP contribution is -2.37. The Labute approximate surface area is 156 Å².